The molecule has 0 unspecified atom stereocenters. The number of anilines is 1. The number of rotatable bonds is 4. The molecule has 3 aromatic heterocycles. The molecule has 0 saturated carbocycles. The minimum absolute atomic E-state index is 0.588. The molecule has 4 heterocycles. The van der Waals surface area contributed by atoms with Gasteiger partial charge in [0.15, 0.2) is 5.65 Å². The van der Waals surface area contributed by atoms with E-state index in [0.717, 1.165) is 55.4 Å². The molecule has 0 amide bonds. The Kier molecular flexibility index (Phi) is 4.02. The van der Waals surface area contributed by atoms with Crippen LogP contribution in [0.3, 0.4) is 0 Å². The van der Waals surface area contributed by atoms with E-state index in [4.69, 9.17) is 4.74 Å². The number of hydrogen-bond donors (Lipinski definition) is 0. The first-order valence-corrected chi connectivity index (χ1v) is 8.39. The average molecular weight is 323 g/mol. The van der Waals surface area contributed by atoms with Gasteiger partial charge in [0.1, 0.15) is 11.6 Å². The van der Waals surface area contributed by atoms with Crippen LogP contribution in [0.4, 0.5) is 5.82 Å². The van der Waals surface area contributed by atoms with Gasteiger partial charge in [-0.1, -0.05) is 0 Å². The van der Waals surface area contributed by atoms with Crippen molar-refractivity contribution in [1.29, 1.82) is 0 Å². The Balaban J connectivity index is 1.39. The number of fused-ring (bicyclic) bond motifs is 1. The van der Waals surface area contributed by atoms with Gasteiger partial charge in [0.25, 0.3) is 0 Å². The van der Waals surface area contributed by atoms with E-state index in [-0.39, 0.29) is 0 Å². The minimum atomic E-state index is 0.588. The van der Waals surface area contributed by atoms with Gasteiger partial charge in [0, 0.05) is 43.3 Å². The van der Waals surface area contributed by atoms with Crippen LogP contribution < -0.4 is 9.64 Å². The average Bonchev–Trinajstić information content (AvgIpc) is 3.09. The summed E-state index contributed by atoms with van der Waals surface area (Å²) in [7, 11) is 0. The van der Waals surface area contributed by atoms with Crippen molar-refractivity contribution >= 4 is 11.5 Å². The monoisotopic (exact) mass is 323 g/mol. The summed E-state index contributed by atoms with van der Waals surface area (Å²) in [5.41, 5.74) is 1.94. The van der Waals surface area contributed by atoms with Crippen LogP contribution in [0.25, 0.3) is 5.65 Å². The molecule has 1 aliphatic rings. The lowest BCUT2D eigenvalue weighted by atomic mass is 9.98. The van der Waals surface area contributed by atoms with Gasteiger partial charge in [-0.25, -0.2) is 4.98 Å². The molecule has 0 N–H and O–H groups in total. The maximum Gasteiger partial charge on any atom is 0.157 e. The van der Waals surface area contributed by atoms with Gasteiger partial charge in [-0.2, -0.15) is 9.61 Å². The molecule has 0 spiro atoms. The third-order valence-electron chi connectivity index (χ3n) is 4.54. The fourth-order valence-electron chi connectivity index (χ4n) is 3.22. The van der Waals surface area contributed by atoms with Crippen molar-refractivity contribution in [3.63, 3.8) is 0 Å². The predicted molar refractivity (Wildman–Crippen MR) is 92.4 cm³/mol. The third-order valence-corrected chi connectivity index (χ3v) is 4.54. The van der Waals surface area contributed by atoms with Crippen molar-refractivity contribution in [3.05, 3.63) is 48.5 Å². The van der Waals surface area contributed by atoms with Crippen LogP contribution in [0.1, 0.15) is 18.5 Å². The van der Waals surface area contributed by atoms with Gasteiger partial charge in [0.2, 0.25) is 0 Å². The first-order valence-electron chi connectivity index (χ1n) is 8.39. The predicted octanol–water partition coefficient (Wildman–Crippen LogP) is 2.73. The van der Waals surface area contributed by atoms with Gasteiger partial charge in [-0.3, -0.25) is 4.98 Å². The van der Waals surface area contributed by atoms with E-state index in [0.29, 0.717) is 5.92 Å². The SMILES string of the molecule is Cc1cc(N2CCC(COc3ccncc3)CC2)n2nccc2n1. The van der Waals surface area contributed by atoms with Crippen LogP contribution >= 0.6 is 0 Å². The quantitative estimate of drug-likeness (QED) is 0.739. The van der Waals surface area contributed by atoms with Crippen LogP contribution in [0.2, 0.25) is 0 Å². The van der Waals surface area contributed by atoms with Gasteiger partial charge in [-0.05, 0) is 37.8 Å². The van der Waals surface area contributed by atoms with Crippen molar-refractivity contribution < 1.29 is 4.74 Å². The second kappa shape index (κ2) is 6.47. The molecule has 3 aromatic rings. The maximum absolute atomic E-state index is 5.88. The largest absolute Gasteiger partial charge is 0.493 e. The summed E-state index contributed by atoms with van der Waals surface area (Å²) >= 11 is 0. The molecule has 1 aliphatic heterocycles. The third kappa shape index (κ3) is 3.04. The van der Waals surface area contributed by atoms with E-state index < -0.39 is 0 Å². The van der Waals surface area contributed by atoms with Crippen molar-refractivity contribution in [2.45, 2.75) is 19.8 Å². The van der Waals surface area contributed by atoms with Crippen LogP contribution in [-0.4, -0.2) is 39.3 Å². The van der Waals surface area contributed by atoms with Crippen molar-refractivity contribution in [2.75, 3.05) is 24.6 Å². The Morgan fingerprint density at radius 2 is 1.92 bits per heavy atom. The summed E-state index contributed by atoms with van der Waals surface area (Å²) in [6.07, 6.45) is 7.57. The zero-order chi connectivity index (χ0) is 16.4. The zero-order valence-electron chi connectivity index (χ0n) is 13.8. The van der Waals surface area contributed by atoms with Gasteiger partial charge in [0.05, 0.1) is 12.8 Å². The van der Waals surface area contributed by atoms with Crippen LogP contribution in [0.15, 0.2) is 42.9 Å². The lowest BCUT2D eigenvalue weighted by Crippen LogP contribution is -2.36. The highest BCUT2D eigenvalue weighted by Gasteiger charge is 2.22. The Morgan fingerprint density at radius 3 is 2.71 bits per heavy atom. The highest BCUT2D eigenvalue weighted by Crippen LogP contribution is 2.25. The Bertz CT molecular complexity index is 809. The number of piperidine rings is 1. The van der Waals surface area contributed by atoms with E-state index >= 15 is 0 Å². The topological polar surface area (TPSA) is 55.5 Å². The zero-order valence-corrected chi connectivity index (χ0v) is 13.8. The highest BCUT2D eigenvalue weighted by atomic mass is 16.5. The van der Waals surface area contributed by atoms with Crippen LogP contribution in [-0.2, 0) is 0 Å². The molecule has 0 aliphatic carbocycles. The molecule has 6 nitrogen and oxygen atoms in total. The second-order valence-corrected chi connectivity index (χ2v) is 6.28. The van der Waals surface area contributed by atoms with E-state index in [1.165, 1.54) is 0 Å². The highest BCUT2D eigenvalue weighted by molar-refractivity contribution is 5.50. The Hall–Kier alpha value is -2.63. The molecular weight excluding hydrogens is 302 g/mol. The van der Waals surface area contributed by atoms with Crippen molar-refractivity contribution in [3.8, 4) is 5.75 Å². The van der Waals surface area contributed by atoms with Crippen LogP contribution in [0, 0.1) is 12.8 Å². The van der Waals surface area contributed by atoms with Crippen molar-refractivity contribution in [1.82, 2.24) is 19.6 Å². The lowest BCUT2D eigenvalue weighted by Gasteiger charge is -2.33. The second-order valence-electron chi connectivity index (χ2n) is 6.28. The summed E-state index contributed by atoms with van der Waals surface area (Å²) in [6, 6.07) is 7.88. The van der Waals surface area contributed by atoms with Crippen molar-refractivity contribution in [2.24, 2.45) is 5.92 Å². The van der Waals surface area contributed by atoms with Crippen LogP contribution in [0.5, 0.6) is 5.75 Å². The van der Waals surface area contributed by atoms with E-state index in [2.05, 4.69) is 26.0 Å². The fraction of sp³-hybridized carbons (Fsp3) is 0.389. The summed E-state index contributed by atoms with van der Waals surface area (Å²) in [4.78, 5) is 10.9. The van der Waals surface area contributed by atoms with Gasteiger partial charge in [-0.15, -0.1) is 0 Å². The summed E-state index contributed by atoms with van der Waals surface area (Å²) in [5, 5.41) is 4.41. The van der Waals surface area contributed by atoms with E-state index in [1.54, 1.807) is 18.6 Å². The molecule has 1 saturated heterocycles. The van der Waals surface area contributed by atoms with E-state index in [9.17, 15) is 0 Å². The molecule has 24 heavy (non-hydrogen) atoms. The molecule has 0 radical (unpaired) electrons. The molecule has 0 aromatic carbocycles. The normalized spacial score (nSPS) is 15.8. The Morgan fingerprint density at radius 1 is 1.12 bits per heavy atom. The summed E-state index contributed by atoms with van der Waals surface area (Å²) < 4.78 is 7.81. The Labute approximate surface area is 141 Å². The maximum atomic E-state index is 5.88. The minimum Gasteiger partial charge on any atom is -0.493 e. The number of aromatic nitrogens is 4. The van der Waals surface area contributed by atoms with E-state index in [1.807, 2.05) is 29.6 Å². The standard InChI is InChI=1S/C18H21N5O/c1-14-12-18(23-17(21-14)4-9-20-23)22-10-5-15(6-11-22)13-24-16-2-7-19-8-3-16/h2-4,7-9,12,15H,5-6,10-11,13H2,1H3. The molecule has 0 atom stereocenters. The fourth-order valence-corrected chi connectivity index (χ4v) is 3.22. The summed E-state index contributed by atoms with van der Waals surface area (Å²) in [5.74, 6) is 2.62. The lowest BCUT2D eigenvalue weighted by molar-refractivity contribution is 0.222. The first-order chi connectivity index (χ1) is 11.8. The summed E-state index contributed by atoms with van der Waals surface area (Å²) in [6.45, 7) is 4.84. The number of hydrogen-bond acceptors (Lipinski definition) is 5. The smallest absolute Gasteiger partial charge is 0.157 e. The molecule has 124 valence electrons. The molecule has 4 rings (SSSR count). The first kappa shape index (κ1) is 14.9. The molecule has 1 fully saturated rings. The molecular formula is C18H21N5O. The number of aryl methyl sites for hydroxylation is 1. The number of pyridine rings is 1. The van der Waals surface area contributed by atoms with Gasteiger partial charge >= 0.3 is 0 Å². The number of ether oxygens (including phenoxy) is 1. The molecule has 6 heteroatoms. The van der Waals surface area contributed by atoms with Gasteiger partial charge < -0.3 is 9.64 Å². The number of nitrogens with zero attached hydrogens (tertiary/aromatic N) is 5. The molecule has 0 bridgehead atoms.